The van der Waals surface area contributed by atoms with Gasteiger partial charge in [-0.25, -0.2) is 4.39 Å². The number of benzene rings is 1. The maximum atomic E-state index is 14.2. The van der Waals surface area contributed by atoms with Gasteiger partial charge < -0.3 is 10.2 Å². The van der Waals surface area contributed by atoms with Gasteiger partial charge in [0.2, 0.25) is 0 Å². The lowest BCUT2D eigenvalue weighted by atomic mass is 9.93. The molecule has 0 aliphatic carbocycles. The zero-order valence-corrected chi connectivity index (χ0v) is 13.6. The van der Waals surface area contributed by atoms with E-state index in [1.54, 1.807) is 12.1 Å². The van der Waals surface area contributed by atoms with Gasteiger partial charge in [0.15, 0.2) is 0 Å². The summed E-state index contributed by atoms with van der Waals surface area (Å²) in [7, 11) is 0. The van der Waals surface area contributed by atoms with E-state index >= 15 is 0 Å². The molecule has 3 unspecified atom stereocenters. The minimum absolute atomic E-state index is 0.0903. The predicted molar refractivity (Wildman–Crippen MR) is 86.9 cm³/mol. The van der Waals surface area contributed by atoms with Crippen molar-refractivity contribution in [3.05, 3.63) is 35.6 Å². The predicted octanol–water partition coefficient (Wildman–Crippen LogP) is 3.99. The van der Waals surface area contributed by atoms with Crippen molar-refractivity contribution in [3.63, 3.8) is 0 Å². The zero-order chi connectivity index (χ0) is 15.2. The largest absolute Gasteiger partial charge is 0.310 e. The Morgan fingerprint density at radius 2 is 2.14 bits per heavy atom. The van der Waals surface area contributed by atoms with E-state index in [2.05, 4.69) is 31.0 Å². The Bertz CT molecular complexity index is 435. The van der Waals surface area contributed by atoms with Gasteiger partial charge in [-0.3, -0.25) is 0 Å². The summed E-state index contributed by atoms with van der Waals surface area (Å²) in [6, 6.07) is 7.96. The average molecular weight is 292 g/mol. The number of hydrogen-bond donors (Lipinski definition) is 1. The lowest BCUT2D eigenvalue weighted by Crippen LogP contribution is -2.38. The second-order valence-electron chi connectivity index (χ2n) is 6.42. The molecule has 1 heterocycles. The van der Waals surface area contributed by atoms with E-state index in [0.717, 1.165) is 25.1 Å². The molecule has 0 bridgehead atoms. The first-order valence-electron chi connectivity index (χ1n) is 8.35. The van der Waals surface area contributed by atoms with Crippen molar-refractivity contribution in [2.75, 3.05) is 19.6 Å². The third kappa shape index (κ3) is 4.27. The minimum atomic E-state index is -0.0903. The van der Waals surface area contributed by atoms with Crippen LogP contribution in [0.1, 0.15) is 51.6 Å². The van der Waals surface area contributed by atoms with Crippen LogP contribution in [-0.2, 0) is 0 Å². The number of likely N-dealkylation sites (tertiary alicyclic amines) is 1. The molecule has 0 spiro atoms. The molecule has 3 heteroatoms. The molecule has 21 heavy (non-hydrogen) atoms. The molecule has 2 rings (SSSR count). The fourth-order valence-electron chi connectivity index (χ4n) is 3.38. The van der Waals surface area contributed by atoms with Crippen molar-refractivity contribution >= 4 is 0 Å². The Labute approximate surface area is 128 Å². The highest BCUT2D eigenvalue weighted by Gasteiger charge is 2.27. The number of nitrogens with zero attached hydrogens (tertiary/aromatic N) is 1. The minimum Gasteiger partial charge on any atom is -0.310 e. The van der Waals surface area contributed by atoms with Gasteiger partial charge in [-0.1, -0.05) is 32.0 Å². The van der Waals surface area contributed by atoms with Crippen LogP contribution in [0.15, 0.2) is 24.3 Å². The van der Waals surface area contributed by atoms with Gasteiger partial charge in [0, 0.05) is 24.2 Å². The SMILES string of the molecule is CCCNC(c1ccccc1F)C(C)CN1CCCC1C. The van der Waals surface area contributed by atoms with Crippen LogP contribution in [0.25, 0.3) is 0 Å². The number of rotatable bonds is 7. The summed E-state index contributed by atoms with van der Waals surface area (Å²) in [6.07, 6.45) is 3.65. The first-order valence-corrected chi connectivity index (χ1v) is 8.35. The van der Waals surface area contributed by atoms with Crippen molar-refractivity contribution in [1.29, 1.82) is 0 Å². The van der Waals surface area contributed by atoms with Crippen molar-refractivity contribution in [1.82, 2.24) is 10.2 Å². The van der Waals surface area contributed by atoms with Crippen molar-refractivity contribution in [3.8, 4) is 0 Å². The van der Waals surface area contributed by atoms with Gasteiger partial charge in [0.05, 0.1) is 0 Å². The second kappa shape index (κ2) is 7.90. The standard InChI is InChI=1S/C18H29FN2/c1-4-11-20-18(16-9-5-6-10-17(16)19)14(2)13-21-12-7-8-15(21)3/h5-6,9-10,14-15,18,20H,4,7-8,11-13H2,1-3H3. The lowest BCUT2D eigenvalue weighted by molar-refractivity contribution is 0.204. The maximum Gasteiger partial charge on any atom is 0.127 e. The molecule has 1 aliphatic heterocycles. The molecule has 1 aromatic rings. The molecular formula is C18H29FN2. The van der Waals surface area contributed by atoms with E-state index in [9.17, 15) is 4.39 Å². The molecule has 118 valence electrons. The van der Waals surface area contributed by atoms with Gasteiger partial charge in [-0.2, -0.15) is 0 Å². The summed E-state index contributed by atoms with van der Waals surface area (Å²) in [4.78, 5) is 2.55. The van der Waals surface area contributed by atoms with Gasteiger partial charge in [0.25, 0.3) is 0 Å². The van der Waals surface area contributed by atoms with Gasteiger partial charge in [-0.05, 0) is 51.3 Å². The summed E-state index contributed by atoms with van der Waals surface area (Å²) >= 11 is 0. The molecule has 2 nitrogen and oxygen atoms in total. The fourth-order valence-corrected chi connectivity index (χ4v) is 3.38. The molecule has 0 radical (unpaired) electrons. The van der Waals surface area contributed by atoms with Crippen molar-refractivity contribution in [2.24, 2.45) is 5.92 Å². The lowest BCUT2D eigenvalue weighted by Gasteiger charge is -2.31. The van der Waals surface area contributed by atoms with Crippen LogP contribution in [0.3, 0.4) is 0 Å². The topological polar surface area (TPSA) is 15.3 Å². The second-order valence-corrected chi connectivity index (χ2v) is 6.42. The highest BCUT2D eigenvalue weighted by atomic mass is 19.1. The van der Waals surface area contributed by atoms with Crippen LogP contribution in [0.2, 0.25) is 0 Å². The van der Waals surface area contributed by atoms with Crippen LogP contribution in [0.5, 0.6) is 0 Å². The first kappa shape index (κ1) is 16.4. The highest BCUT2D eigenvalue weighted by Crippen LogP contribution is 2.27. The molecule has 3 atom stereocenters. The third-order valence-electron chi connectivity index (χ3n) is 4.64. The normalized spacial score (nSPS) is 22.4. The van der Waals surface area contributed by atoms with Crippen LogP contribution in [-0.4, -0.2) is 30.6 Å². The molecule has 1 N–H and O–H groups in total. The summed E-state index contributed by atoms with van der Waals surface area (Å²) in [5.41, 5.74) is 0.810. The summed E-state index contributed by atoms with van der Waals surface area (Å²) in [5.74, 6) is 0.307. The summed E-state index contributed by atoms with van der Waals surface area (Å²) < 4.78 is 14.2. The molecule has 1 aliphatic rings. The quantitative estimate of drug-likeness (QED) is 0.817. The zero-order valence-electron chi connectivity index (χ0n) is 13.6. The van der Waals surface area contributed by atoms with Crippen LogP contribution >= 0.6 is 0 Å². The third-order valence-corrected chi connectivity index (χ3v) is 4.64. The smallest absolute Gasteiger partial charge is 0.127 e. The van der Waals surface area contributed by atoms with Gasteiger partial charge in [0.1, 0.15) is 5.82 Å². The van der Waals surface area contributed by atoms with Gasteiger partial charge >= 0.3 is 0 Å². The monoisotopic (exact) mass is 292 g/mol. The fraction of sp³-hybridized carbons (Fsp3) is 0.667. The molecule has 1 aromatic carbocycles. The van der Waals surface area contributed by atoms with Crippen molar-refractivity contribution < 1.29 is 4.39 Å². The van der Waals surface area contributed by atoms with E-state index in [-0.39, 0.29) is 11.9 Å². The summed E-state index contributed by atoms with van der Waals surface area (Å²) in [6.45, 7) is 9.85. The van der Waals surface area contributed by atoms with Crippen LogP contribution in [0.4, 0.5) is 4.39 Å². The Morgan fingerprint density at radius 3 is 2.76 bits per heavy atom. The highest BCUT2D eigenvalue weighted by molar-refractivity contribution is 5.22. The molecule has 1 fully saturated rings. The van der Waals surface area contributed by atoms with E-state index in [4.69, 9.17) is 0 Å². The Kier molecular flexibility index (Phi) is 6.19. The van der Waals surface area contributed by atoms with Crippen molar-refractivity contribution in [2.45, 2.75) is 52.1 Å². The van der Waals surface area contributed by atoms with Crippen LogP contribution < -0.4 is 5.32 Å². The average Bonchev–Trinajstić information content (AvgIpc) is 2.86. The molecule has 0 saturated carbocycles. The van der Waals surface area contributed by atoms with E-state index in [0.29, 0.717) is 12.0 Å². The summed E-state index contributed by atoms with van der Waals surface area (Å²) in [5, 5.41) is 3.55. The molecule has 0 amide bonds. The number of hydrogen-bond acceptors (Lipinski definition) is 2. The number of nitrogens with one attached hydrogen (secondary N) is 1. The Morgan fingerprint density at radius 1 is 1.38 bits per heavy atom. The number of halogens is 1. The first-order chi connectivity index (χ1) is 10.1. The van der Waals surface area contributed by atoms with E-state index in [1.807, 2.05) is 12.1 Å². The van der Waals surface area contributed by atoms with E-state index < -0.39 is 0 Å². The Hall–Kier alpha value is -0.930. The van der Waals surface area contributed by atoms with E-state index in [1.165, 1.54) is 19.4 Å². The maximum absolute atomic E-state index is 14.2. The molecule has 1 saturated heterocycles. The van der Waals surface area contributed by atoms with Gasteiger partial charge in [-0.15, -0.1) is 0 Å². The van der Waals surface area contributed by atoms with Crippen LogP contribution in [0, 0.1) is 11.7 Å². The molecule has 0 aromatic heterocycles. The molecular weight excluding hydrogens is 263 g/mol. The Balaban J connectivity index is 2.09.